The first-order valence-corrected chi connectivity index (χ1v) is 4.34. The van der Waals surface area contributed by atoms with Gasteiger partial charge in [0.1, 0.15) is 0 Å². The van der Waals surface area contributed by atoms with E-state index in [1.54, 1.807) is 24.7 Å². The molecule has 3 nitrogen and oxygen atoms in total. The number of hydrogen-bond acceptors (Lipinski definition) is 3. The van der Waals surface area contributed by atoms with Crippen molar-refractivity contribution in [3.63, 3.8) is 0 Å². The zero-order chi connectivity index (χ0) is 9.10. The SMILES string of the molecule is ClCc1cnc(-c2ccco2)nc1. The Morgan fingerprint density at radius 2 is 2.08 bits per heavy atom. The highest BCUT2D eigenvalue weighted by Crippen LogP contribution is 2.14. The van der Waals surface area contributed by atoms with E-state index in [0.29, 0.717) is 17.5 Å². The topological polar surface area (TPSA) is 38.9 Å². The largest absolute Gasteiger partial charge is 0.461 e. The van der Waals surface area contributed by atoms with Crippen molar-refractivity contribution in [1.82, 2.24) is 9.97 Å². The molecule has 0 aromatic carbocycles. The summed E-state index contributed by atoms with van der Waals surface area (Å²) in [4.78, 5) is 8.21. The zero-order valence-corrected chi connectivity index (χ0v) is 7.53. The Labute approximate surface area is 80.4 Å². The van der Waals surface area contributed by atoms with Crippen molar-refractivity contribution in [3.05, 3.63) is 36.4 Å². The predicted molar refractivity (Wildman–Crippen MR) is 49.3 cm³/mol. The van der Waals surface area contributed by atoms with Gasteiger partial charge in [-0.1, -0.05) is 0 Å². The molecule has 2 aromatic rings. The third-order valence-electron chi connectivity index (χ3n) is 1.60. The van der Waals surface area contributed by atoms with Gasteiger partial charge in [-0.2, -0.15) is 0 Å². The van der Waals surface area contributed by atoms with Crippen molar-refractivity contribution in [2.24, 2.45) is 0 Å². The summed E-state index contributed by atoms with van der Waals surface area (Å²) >= 11 is 5.60. The lowest BCUT2D eigenvalue weighted by atomic mass is 10.3. The quantitative estimate of drug-likeness (QED) is 0.690. The number of hydrogen-bond donors (Lipinski definition) is 0. The molecule has 0 saturated heterocycles. The van der Waals surface area contributed by atoms with Gasteiger partial charge in [0, 0.05) is 18.0 Å². The lowest BCUT2D eigenvalue weighted by Gasteiger charge is -1.95. The average Bonchev–Trinajstić information content (AvgIpc) is 2.71. The minimum atomic E-state index is 0.429. The van der Waals surface area contributed by atoms with Crippen LogP contribution in [0.25, 0.3) is 11.6 Å². The van der Waals surface area contributed by atoms with E-state index in [1.807, 2.05) is 6.07 Å². The first kappa shape index (κ1) is 8.26. The number of furan rings is 1. The molecule has 0 spiro atoms. The fourth-order valence-electron chi connectivity index (χ4n) is 0.957. The molecule has 0 fully saturated rings. The van der Waals surface area contributed by atoms with Crippen LogP contribution in [0.5, 0.6) is 0 Å². The molecule has 2 rings (SSSR count). The molecular formula is C9H7ClN2O. The highest BCUT2D eigenvalue weighted by molar-refractivity contribution is 6.17. The highest BCUT2D eigenvalue weighted by atomic mass is 35.5. The number of aromatic nitrogens is 2. The first-order valence-electron chi connectivity index (χ1n) is 3.81. The molecule has 0 N–H and O–H groups in total. The Morgan fingerprint density at radius 1 is 1.31 bits per heavy atom. The summed E-state index contributed by atoms with van der Waals surface area (Å²) in [5.74, 6) is 1.68. The maximum absolute atomic E-state index is 5.60. The van der Waals surface area contributed by atoms with Crippen LogP contribution in [-0.2, 0) is 5.88 Å². The summed E-state index contributed by atoms with van der Waals surface area (Å²) in [6.45, 7) is 0. The minimum absolute atomic E-state index is 0.429. The second-order valence-electron chi connectivity index (χ2n) is 2.53. The molecule has 0 bridgehead atoms. The van der Waals surface area contributed by atoms with Crippen molar-refractivity contribution >= 4 is 11.6 Å². The van der Waals surface area contributed by atoms with Crippen LogP contribution >= 0.6 is 11.6 Å². The summed E-state index contributed by atoms with van der Waals surface area (Å²) in [5, 5.41) is 0. The van der Waals surface area contributed by atoms with E-state index in [1.165, 1.54) is 0 Å². The molecule has 0 unspecified atom stereocenters. The summed E-state index contributed by atoms with van der Waals surface area (Å²) in [5.41, 5.74) is 0.900. The van der Waals surface area contributed by atoms with Crippen molar-refractivity contribution in [3.8, 4) is 11.6 Å². The van der Waals surface area contributed by atoms with Gasteiger partial charge in [0.15, 0.2) is 11.6 Å². The molecule has 13 heavy (non-hydrogen) atoms. The van der Waals surface area contributed by atoms with Gasteiger partial charge in [0.05, 0.1) is 12.1 Å². The normalized spacial score (nSPS) is 10.2. The van der Waals surface area contributed by atoms with Crippen molar-refractivity contribution in [2.75, 3.05) is 0 Å². The Bertz CT molecular complexity index is 369. The average molecular weight is 195 g/mol. The minimum Gasteiger partial charge on any atom is -0.461 e. The molecule has 66 valence electrons. The summed E-state index contributed by atoms with van der Waals surface area (Å²) in [6.07, 6.45) is 4.98. The van der Waals surface area contributed by atoms with Gasteiger partial charge in [-0.25, -0.2) is 9.97 Å². The van der Waals surface area contributed by atoms with Gasteiger partial charge in [0.2, 0.25) is 0 Å². The Hall–Kier alpha value is -1.35. The Morgan fingerprint density at radius 3 is 2.62 bits per heavy atom. The van der Waals surface area contributed by atoms with Gasteiger partial charge in [-0.15, -0.1) is 11.6 Å². The van der Waals surface area contributed by atoms with Gasteiger partial charge >= 0.3 is 0 Å². The van der Waals surface area contributed by atoms with E-state index < -0.39 is 0 Å². The van der Waals surface area contributed by atoms with E-state index in [-0.39, 0.29) is 0 Å². The lowest BCUT2D eigenvalue weighted by Crippen LogP contribution is -1.88. The maximum atomic E-state index is 5.60. The first-order chi connectivity index (χ1) is 6.40. The van der Waals surface area contributed by atoms with Crippen LogP contribution in [0.2, 0.25) is 0 Å². The summed E-state index contributed by atoms with van der Waals surface area (Å²) in [6, 6.07) is 3.61. The van der Waals surface area contributed by atoms with Crippen LogP contribution in [0.15, 0.2) is 35.2 Å². The smallest absolute Gasteiger partial charge is 0.195 e. The van der Waals surface area contributed by atoms with Crippen LogP contribution in [0.4, 0.5) is 0 Å². The molecule has 0 aliphatic rings. The van der Waals surface area contributed by atoms with Crippen LogP contribution in [0, 0.1) is 0 Å². The molecule has 4 heteroatoms. The van der Waals surface area contributed by atoms with E-state index in [4.69, 9.17) is 16.0 Å². The molecule has 2 aromatic heterocycles. The van der Waals surface area contributed by atoms with E-state index in [2.05, 4.69) is 9.97 Å². The fourth-order valence-corrected chi connectivity index (χ4v) is 1.09. The molecule has 0 amide bonds. The molecule has 0 aliphatic carbocycles. The van der Waals surface area contributed by atoms with Gasteiger partial charge in [-0.3, -0.25) is 0 Å². The molecule has 0 saturated carbocycles. The van der Waals surface area contributed by atoms with Gasteiger partial charge < -0.3 is 4.42 Å². The van der Waals surface area contributed by atoms with Crippen molar-refractivity contribution in [2.45, 2.75) is 5.88 Å². The van der Waals surface area contributed by atoms with Crippen LogP contribution < -0.4 is 0 Å². The predicted octanol–water partition coefficient (Wildman–Crippen LogP) is 2.48. The second kappa shape index (κ2) is 3.58. The summed E-state index contributed by atoms with van der Waals surface area (Å²) in [7, 11) is 0. The number of rotatable bonds is 2. The van der Waals surface area contributed by atoms with Crippen molar-refractivity contribution in [1.29, 1.82) is 0 Å². The third kappa shape index (κ3) is 1.70. The van der Waals surface area contributed by atoms with Crippen molar-refractivity contribution < 1.29 is 4.42 Å². The van der Waals surface area contributed by atoms with Crippen LogP contribution in [-0.4, -0.2) is 9.97 Å². The highest BCUT2D eigenvalue weighted by Gasteiger charge is 2.02. The standard InChI is InChI=1S/C9H7ClN2O/c10-4-7-5-11-9(12-6-7)8-2-1-3-13-8/h1-3,5-6H,4H2. The number of alkyl halides is 1. The van der Waals surface area contributed by atoms with Gasteiger partial charge in [0.25, 0.3) is 0 Å². The van der Waals surface area contributed by atoms with Crippen LogP contribution in [0.1, 0.15) is 5.56 Å². The van der Waals surface area contributed by atoms with Crippen LogP contribution in [0.3, 0.4) is 0 Å². The Balaban J connectivity index is 2.33. The Kier molecular flexibility index (Phi) is 2.27. The molecule has 0 aliphatic heterocycles. The molecular weight excluding hydrogens is 188 g/mol. The van der Waals surface area contributed by atoms with E-state index in [0.717, 1.165) is 5.56 Å². The monoisotopic (exact) mass is 194 g/mol. The molecule has 0 radical (unpaired) electrons. The number of nitrogens with zero attached hydrogens (tertiary/aromatic N) is 2. The number of halogens is 1. The third-order valence-corrected chi connectivity index (χ3v) is 1.91. The zero-order valence-electron chi connectivity index (χ0n) is 6.77. The van der Waals surface area contributed by atoms with E-state index >= 15 is 0 Å². The maximum Gasteiger partial charge on any atom is 0.195 e. The fraction of sp³-hybridized carbons (Fsp3) is 0.111. The second-order valence-corrected chi connectivity index (χ2v) is 2.79. The molecule has 0 atom stereocenters. The molecule has 2 heterocycles. The summed E-state index contributed by atoms with van der Waals surface area (Å²) < 4.78 is 5.14. The lowest BCUT2D eigenvalue weighted by molar-refractivity contribution is 0.577. The van der Waals surface area contributed by atoms with E-state index in [9.17, 15) is 0 Å². The van der Waals surface area contributed by atoms with Gasteiger partial charge in [-0.05, 0) is 12.1 Å².